The van der Waals surface area contributed by atoms with Gasteiger partial charge in [0.05, 0.1) is 0 Å². The normalized spacial score (nSPS) is 11.7. The summed E-state index contributed by atoms with van der Waals surface area (Å²) in [5.41, 5.74) is 7.57. The van der Waals surface area contributed by atoms with Crippen LogP contribution in [-0.4, -0.2) is 16.7 Å². The lowest BCUT2D eigenvalue weighted by Gasteiger charge is -1.99. The number of hydrogen-bond donors (Lipinski definition) is 2. The number of carbonyl (C=O) groups excluding carboxylic acids is 1. The fourth-order valence-corrected chi connectivity index (χ4v) is 1.67. The van der Waals surface area contributed by atoms with E-state index in [-0.39, 0.29) is 11.5 Å². The number of allylic oxidation sites excluding steroid dienone is 1. The van der Waals surface area contributed by atoms with Gasteiger partial charge in [0.15, 0.2) is 5.71 Å². The topological polar surface area (TPSA) is 75.7 Å². The number of carbonyl (C=O) groups is 1. The summed E-state index contributed by atoms with van der Waals surface area (Å²) >= 11 is 0. The lowest BCUT2D eigenvalue weighted by Crippen LogP contribution is -2.11. The van der Waals surface area contributed by atoms with E-state index in [1.807, 2.05) is 18.2 Å². The highest BCUT2D eigenvalue weighted by molar-refractivity contribution is 6.50. The number of oxime groups is 1. The maximum absolute atomic E-state index is 12.1. The smallest absolute Gasteiger partial charge is 0.214 e. The van der Waals surface area contributed by atoms with Gasteiger partial charge in [0.25, 0.3) is 0 Å². The first-order chi connectivity index (χ1) is 9.70. The van der Waals surface area contributed by atoms with Gasteiger partial charge in [-0.3, -0.25) is 4.79 Å². The molecule has 0 amide bonds. The van der Waals surface area contributed by atoms with Crippen LogP contribution in [0.5, 0.6) is 0 Å². The third-order valence-corrected chi connectivity index (χ3v) is 2.75. The molecule has 20 heavy (non-hydrogen) atoms. The number of rotatable bonds is 4. The maximum Gasteiger partial charge on any atom is 0.214 e. The number of Topliss-reactive ketones (excluding diaryl/α,β-unsaturated/α-hetero) is 1. The minimum Gasteiger partial charge on any atom is -0.410 e. The van der Waals surface area contributed by atoms with Crippen LogP contribution in [0.3, 0.4) is 0 Å². The Morgan fingerprint density at radius 1 is 1.05 bits per heavy atom. The number of nitrogens with zero attached hydrogens (tertiary/aromatic N) is 1. The Kier molecular flexibility index (Phi) is 4.29. The van der Waals surface area contributed by atoms with E-state index in [2.05, 4.69) is 5.16 Å². The Balaban J connectivity index is 2.18. The highest BCUT2D eigenvalue weighted by Gasteiger charge is 2.11. The number of nitrogen functional groups attached to an aromatic ring is 1. The zero-order valence-electron chi connectivity index (χ0n) is 10.7. The van der Waals surface area contributed by atoms with Crippen molar-refractivity contribution >= 4 is 23.3 Å². The Labute approximate surface area is 116 Å². The summed E-state index contributed by atoms with van der Waals surface area (Å²) in [5.74, 6) is -0.334. The lowest BCUT2D eigenvalue weighted by atomic mass is 10.1. The maximum atomic E-state index is 12.1. The molecule has 0 fully saturated rings. The molecule has 0 aliphatic rings. The summed E-state index contributed by atoms with van der Waals surface area (Å²) in [6.07, 6.45) is 3.16. The molecule has 0 saturated carbocycles. The minimum absolute atomic E-state index is 0.0203. The molecule has 4 heteroatoms. The zero-order valence-corrected chi connectivity index (χ0v) is 10.7. The quantitative estimate of drug-likeness (QED) is 0.294. The van der Waals surface area contributed by atoms with E-state index in [1.54, 1.807) is 42.5 Å². The van der Waals surface area contributed by atoms with Crippen molar-refractivity contribution in [3.8, 4) is 0 Å². The number of nitrogens with two attached hydrogens (primary N) is 1. The van der Waals surface area contributed by atoms with E-state index in [1.165, 1.54) is 6.08 Å². The monoisotopic (exact) mass is 266 g/mol. The number of hydrogen-bond acceptors (Lipinski definition) is 4. The van der Waals surface area contributed by atoms with Crippen molar-refractivity contribution in [1.29, 1.82) is 0 Å². The molecule has 4 nitrogen and oxygen atoms in total. The summed E-state index contributed by atoms with van der Waals surface area (Å²) in [5, 5.41) is 12.0. The van der Waals surface area contributed by atoms with Gasteiger partial charge < -0.3 is 10.9 Å². The molecule has 0 radical (unpaired) electrons. The molecule has 0 heterocycles. The molecule has 2 aromatic rings. The molecule has 3 N–H and O–H groups in total. The van der Waals surface area contributed by atoms with Crippen LogP contribution in [0.1, 0.15) is 15.9 Å². The fraction of sp³-hybridized carbons (Fsp3) is 0. The van der Waals surface area contributed by atoms with Crippen LogP contribution >= 0.6 is 0 Å². The largest absolute Gasteiger partial charge is 0.410 e. The van der Waals surface area contributed by atoms with Gasteiger partial charge in [-0.05, 0) is 23.8 Å². The van der Waals surface area contributed by atoms with Crippen LogP contribution in [0.4, 0.5) is 5.69 Å². The second-order valence-corrected chi connectivity index (χ2v) is 4.18. The molecule has 0 unspecified atom stereocenters. The first kappa shape index (κ1) is 13.5. The van der Waals surface area contributed by atoms with E-state index in [0.29, 0.717) is 11.3 Å². The second kappa shape index (κ2) is 6.33. The molecule has 0 spiro atoms. The molecule has 2 aromatic carbocycles. The molecule has 0 aromatic heterocycles. The molecule has 0 bridgehead atoms. The predicted molar refractivity (Wildman–Crippen MR) is 79.9 cm³/mol. The molecule has 0 saturated heterocycles. The average Bonchev–Trinajstić information content (AvgIpc) is 2.50. The molecule has 2 rings (SSSR count). The van der Waals surface area contributed by atoms with Gasteiger partial charge in [-0.15, -0.1) is 0 Å². The first-order valence-corrected chi connectivity index (χ1v) is 6.06. The van der Waals surface area contributed by atoms with Crippen LogP contribution in [0, 0.1) is 0 Å². The van der Waals surface area contributed by atoms with Crippen molar-refractivity contribution in [3.63, 3.8) is 0 Å². The number of benzene rings is 2. The summed E-state index contributed by atoms with van der Waals surface area (Å²) in [7, 11) is 0. The molecular weight excluding hydrogens is 252 g/mol. The van der Waals surface area contributed by atoms with Gasteiger partial charge >= 0.3 is 0 Å². The summed E-state index contributed by atoms with van der Waals surface area (Å²) in [6.45, 7) is 0. The van der Waals surface area contributed by atoms with Crippen molar-refractivity contribution in [2.24, 2.45) is 5.16 Å². The SMILES string of the molecule is Nc1ccc(C=CC(=NO)C(=O)c2ccccc2)cc1. The van der Waals surface area contributed by atoms with Crippen LogP contribution < -0.4 is 5.73 Å². The van der Waals surface area contributed by atoms with E-state index in [9.17, 15) is 4.79 Å². The molecule has 0 aliphatic heterocycles. The molecule has 0 atom stereocenters. The number of anilines is 1. The number of ketones is 1. The summed E-state index contributed by atoms with van der Waals surface area (Å²) < 4.78 is 0. The summed E-state index contributed by atoms with van der Waals surface area (Å²) in [6, 6.07) is 15.8. The van der Waals surface area contributed by atoms with Gasteiger partial charge in [-0.1, -0.05) is 53.7 Å². The van der Waals surface area contributed by atoms with Crippen molar-refractivity contribution in [1.82, 2.24) is 0 Å². The lowest BCUT2D eigenvalue weighted by molar-refractivity contribution is 0.106. The van der Waals surface area contributed by atoms with E-state index < -0.39 is 0 Å². The van der Waals surface area contributed by atoms with Crippen molar-refractivity contribution < 1.29 is 10.0 Å². The van der Waals surface area contributed by atoms with Gasteiger partial charge in [0, 0.05) is 11.3 Å². The third kappa shape index (κ3) is 3.32. The van der Waals surface area contributed by atoms with Gasteiger partial charge in [-0.25, -0.2) is 0 Å². The highest BCUT2D eigenvalue weighted by Crippen LogP contribution is 2.08. The predicted octanol–water partition coefficient (Wildman–Crippen LogP) is 3.00. The second-order valence-electron chi connectivity index (χ2n) is 4.18. The Morgan fingerprint density at radius 2 is 1.70 bits per heavy atom. The Hall–Kier alpha value is -2.88. The van der Waals surface area contributed by atoms with Crippen LogP contribution in [-0.2, 0) is 0 Å². The fourth-order valence-electron chi connectivity index (χ4n) is 1.67. The molecule has 100 valence electrons. The average molecular weight is 266 g/mol. The van der Waals surface area contributed by atoms with Crippen LogP contribution in [0.25, 0.3) is 6.08 Å². The van der Waals surface area contributed by atoms with Gasteiger partial charge in [0.1, 0.15) is 0 Å². The van der Waals surface area contributed by atoms with E-state index in [4.69, 9.17) is 10.9 Å². The summed E-state index contributed by atoms with van der Waals surface area (Å²) in [4.78, 5) is 12.1. The first-order valence-electron chi connectivity index (χ1n) is 6.06. The minimum atomic E-state index is -0.334. The van der Waals surface area contributed by atoms with Crippen molar-refractivity contribution in [2.45, 2.75) is 0 Å². The van der Waals surface area contributed by atoms with Gasteiger partial charge in [-0.2, -0.15) is 0 Å². The highest BCUT2D eigenvalue weighted by atomic mass is 16.4. The molecular formula is C16H14N2O2. The van der Waals surface area contributed by atoms with Crippen molar-refractivity contribution in [2.75, 3.05) is 5.73 Å². The standard InChI is InChI=1S/C16H14N2O2/c17-14-9-6-12(7-10-14)8-11-15(18-20)16(19)13-4-2-1-3-5-13/h1-11,20H,17H2. The Bertz CT molecular complexity index is 644. The molecule has 0 aliphatic carbocycles. The van der Waals surface area contributed by atoms with Gasteiger partial charge in [0.2, 0.25) is 5.78 Å². The van der Waals surface area contributed by atoms with E-state index >= 15 is 0 Å². The Morgan fingerprint density at radius 3 is 2.30 bits per heavy atom. The zero-order chi connectivity index (χ0) is 14.4. The van der Waals surface area contributed by atoms with Crippen LogP contribution in [0.15, 0.2) is 65.8 Å². The van der Waals surface area contributed by atoms with Crippen molar-refractivity contribution in [3.05, 3.63) is 71.8 Å². The van der Waals surface area contributed by atoms with E-state index in [0.717, 1.165) is 5.56 Å². The van der Waals surface area contributed by atoms with Crippen LogP contribution in [0.2, 0.25) is 0 Å². The third-order valence-electron chi connectivity index (χ3n) is 2.75.